The van der Waals surface area contributed by atoms with Crippen molar-refractivity contribution in [2.24, 2.45) is 5.92 Å². The number of benzene rings is 1. The predicted molar refractivity (Wildman–Crippen MR) is 110 cm³/mol. The Morgan fingerprint density at radius 1 is 1.07 bits per heavy atom. The molecular formula is C22H28N4O. The number of fused-ring (bicyclic) bond motifs is 1. The highest BCUT2D eigenvalue weighted by Gasteiger charge is 2.24. The Morgan fingerprint density at radius 2 is 1.81 bits per heavy atom. The fraction of sp³-hybridized carbons (Fsp3) is 0.455. The molecule has 0 atom stereocenters. The highest BCUT2D eigenvalue weighted by atomic mass is 16.5. The number of rotatable bonds is 5. The van der Waals surface area contributed by atoms with Crippen LogP contribution >= 0.6 is 0 Å². The summed E-state index contributed by atoms with van der Waals surface area (Å²) in [6, 6.07) is 8.57. The van der Waals surface area contributed by atoms with E-state index < -0.39 is 0 Å². The number of nitrogens with one attached hydrogen (secondary N) is 1. The van der Waals surface area contributed by atoms with Crippen molar-refractivity contribution in [2.75, 3.05) is 30.4 Å². The molecular weight excluding hydrogens is 336 g/mol. The van der Waals surface area contributed by atoms with Crippen LogP contribution in [0.3, 0.4) is 0 Å². The number of anilines is 3. The minimum absolute atomic E-state index is 0.362. The van der Waals surface area contributed by atoms with Crippen molar-refractivity contribution in [3.05, 3.63) is 47.5 Å². The summed E-state index contributed by atoms with van der Waals surface area (Å²) >= 11 is 0. The van der Waals surface area contributed by atoms with E-state index in [9.17, 15) is 0 Å². The number of hydrogen-bond acceptors (Lipinski definition) is 5. The predicted octanol–water partition coefficient (Wildman–Crippen LogP) is 4.78. The summed E-state index contributed by atoms with van der Waals surface area (Å²) in [5, 5.41) is 3.36. The van der Waals surface area contributed by atoms with E-state index in [-0.39, 0.29) is 0 Å². The minimum Gasteiger partial charge on any atom is -0.501 e. The summed E-state index contributed by atoms with van der Waals surface area (Å²) in [6.07, 6.45) is 6.39. The Morgan fingerprint density at radius 3 is 2.48 bits per heavy atom. The fourth-order valence-electron chi connectivity index (χ4n) is 4.07. The summed E-state index contributed by atoms with van der Waals surface area (Å²) in [5.74, 6) is 2.05. The smallest absolute Gasteiger partial charge is 0.227 e. The Bertz CT molecular complexity index is 836. The molecule has 1 aromatic heterocycles. The van der Waals surface area contributed by atoms with Crippen LogP contribution in [0.25, 0.3) is 5.57 Å². The summed E-state index contributed by atoms with van der Waals surface area (Å²) in [5.41, 5.74) is 5.73. The Kier molecular flexibility index (Phi) is 5.01. The standard InChI is InChI=1S/C22H28N4O/c1-15(2)20-19(27-3)11-6-16-14-23-22(25-21(16)20)24-17-7-9-18(10-8-17)26-12-4-5-13-26/h7-10,14-15H,4-6,11-13H2,1-3H3,(H,23,24,25). The van der Waals surface area contributed by atoms with Crippen LogP contribution in [-0.2, 0) is 11.2 Å². The largest absolute Gasteiger partial charge is 0.501 e. The first-order valence-corrected chi connectivity index (χ1v) is 9.91. The molecule has 142 valence electrons. The van der Waals surface area contributed by atoms with Gasteiger partial charge in [0.2, 0.25) is 5.95 Å². The topological polar surface area (TPSA) is 50.3 Å². The maximum absolute atomic E-state index is 5.64. The number of ether oxygens (including phenoxy) is 1. The van der Waals surface area contributed by atoms with Crippen LogP contribution in [0.15, 0.2) is 36.2 Å². The summed E-state index contributed by atoms with van der Waals surface area (Å²) in [4.78, 5) is 11.8. The molecule has 1 fully saturated rings. The first-order chi connectivity index (χ1) is 13.2. The van der Waals surface area contributed by atoms with Gasteiger partial charge in [-0.2, -0.15) is 0 Å². The maximum Gasteiger partial charge on any atom is 0.227 e. The summed E-state index contributed by atoms with van der Waals surface area (Å²) in [7, 11) is 1.75. The van der Waals surface area contributed by atoms with Crippen LogP contribution in [0.4, 0.5) is 17.3 Å². The van der Waals surface area contributed by atoms with Gasteiger partial charge in [0.25, 0.3) is 0 Å². The van der Waals surface area contributed by atoms with E-state index in [1.54, 1.807) is 7.11 Å². The molecule has 27 heavy (non-hydrogen) atoms. The van der Waals surface area contributed by atoms with Crippen LogP contribution < -0.4 is 10.2 Å². The molecule has 5 nitrogen and oxygen atoms in total. The number of aryl methyl sites for hydroxylation is 1. The number of allylic oxidation sites excluding steroid dienone is 2. The average Bonchev–Trinajstić information content (AvgIpc) is 3.22. The van der Waals surface area contributed by atoms with E-state index >= 15 is 0 Å². The van der Waals surface area contributed by atoms with Crippen molar-refractivity contribution in [1.29, 1.82) is 0 Å². The van der Waals surface area contributed by atoms with E-state index in [0.29, 0.717) is 11.9 Å². The molecule has 4 rings (SSSR count). The maximum atomic E-state index is 5.64. The molecule has 2 aromatic rings. The molecule has 1 aliphatic carbocycles. The lowest BCUT2D eigenvalue weighted by atomic mass is 9.88. The van der Waals surface area contributed by atoms with E-state index in [1.165, 1.54) is 29.7 Å². The van der Waals surface area contributed by atoms with E-state index in [0.717, 1.165) is 43.1 Å². The van der Waals surface area contributed by atoms with Crippen LogP contribution in [0.5, 0.6) is 0 Å². The van der Waals surface area contributed by atoms with Crippen molar-refractivity contribution >= 4 is 22.9 Å². The van der Waals surface area contributed by atoms with E-state index in [2.05, 4.69) is 53.3 Å². The van der Waals surface area contributed by atoms with E-state index in [1.807, 2.05) is 6.20 Å². The minimum atomic E-state index is 0.362. The molecule has 0 unspecified atom stereocenters. The fourth-order valence-corrected chi connectivity index (χ4v) is 4.07. The summed E-state index contributed by atoms with van der Waals surface area (Å²) in [6.45, 7) is 6.70. The van der Waals surface area contributed by atoms with Crippen molar-refractivity contribution in [3.8, 4) is 0 Å². The van der Waals surface area contributed by atoms with Crippen LogP contribution in [-0.4, -0.2) is 30.2 Å². The SMILES string of the molecule is COC1=C(C(C)C)c2nc(Nc3ccc(N4CCCC4)cc3)ncc2CC1. The molecule has 0 amide bonds. The normalized spacial score (nSPS) is 16.7. The molecule has 1 aliphatic heterocycles. The number of methoxy groups -OCH3 is 1. The van der Waals surface area contributed by atoms with Crippen molar-refractivity contribution in [3.63, 3.8) is 0 Å². The van der Waals surface area contributed by atoms with Crippen molar-refractivity contribution in [1.82, 2.24) is 9.97 Å². The zero-order chi connectivity index (χ0) is 18.8. The van der Waals surface area contributed by atoms with Gasteiger partial charge in [0, 0.05) is 42.7 Å². The molecule has 0 spiro atoms. The molecule has 0 saturated carbocycles. The van der Waals surface area contributed by atoms with Gasteiger partial charge in [0.05, 0.1) is 12.8 Å². The average molecular weight is 364 g/mol. The first kappa shape index (κ1) is 17.8. The molecule has 1 saturated heterocycles. The number of aromatic nitrogens is 2. The third kappa shape index (κ3) is 3.64. The highest BCUT2D eigenvalue weighted by Crippen LogP contribution is 2.35. The third-order valence-electron chi connectivity index (χ3n) is 5.46. The molecule has 0 bridgehead atoms. The van der Waals surface area contributed by atoms with Crippen molar-refractivity contribution in [2.45, 2.75) is 39.5 Å². The van der Waals surface area contributed by atoms with Gasteiger partial charge in [0.1, 0.15) is 5.76 Å². The van der Waals surface area contributed by atoms with Gasteiger partial charge in [-0.3, -0.25) is 0 Å². The number of nitrogens with zero attached hydrogens (tertiary/aromatic N) is 3. The molecule has 2 aliphatic rings. The second-order valence-electron chi connectivity index (χ2n) is 7.63. The molecule has 2 heterocycles. The third-order valence-corrected chi connectivity index (χ3v) is 5.46. The van der Waals surface area contributed by atoms with Gasteiger partial charge < -0.3 is 15.0 Å². The Balaban J connectivity index is 1.57. The lowest BCUT2D eigenvalue weighted by Crippen LogP contribution is -2.17. The second kappa shape index (κ2) is 7.59. The van der Waals surface area contributed by atoms with Crippen LogP contribution in [0.2, 0.25) is 0 Å². The first-order valence-electron chi connectivity index (χ1n) is 9.91. The Hall–Kier alpha value is -2.56. The lowest BCUT2D eigenvalue weighted by Gasteiger charge is -2.24. The van der Waals surface area contributed by atoms with Gasteiger partial charge in [-0.1, -0.05) is 13.8 Å². The molecule has 1 aromatic carbocycles. The van der Waals surface area contributed by atoms with Crippen LogP contribution in [0, 0.1) is 5.92 Å². The second-order valence-corrected chi connectivity index (χ2v) is 7.63. The zero-order valence-corrected chi connectivity index (χ0v) is 16.5. The Labute approximate surface area is 161 Å². The quantitative estimate of drug-likeness (QED) is 0.827. The van der Waals surface area contributed by atoms with Gasteiger partial charge in [0.15, 0.2) is 0 Å². The zero-order valence-electron chi connectivity index (χ0n) is 16.5. The monoisotopic (exact) mass is 364 g/mol. The van der Waals surface area contributed by atoms with Gasteiger partial charge in [-0.15, -0.1) is 0 Å². The molecule has 1 N–H and O–H groups in total. The van der Waals surface area contributed by atoms with Gasteiger partial charge in [-0.05, 0) is 55.0 Å². The molecule has 5 heteroatoms. The van der Waals surface area contributed by atoms with Gasteiger partial charge >= 0.3 is 0 Å². The van der Waals surface area contributed by atoms with Crippen LogP contribution in [0.1, 0.15) is 44.4 Å². The van der Waals surface area contributed by atoms with Crippen molar-refractivity contribution < 1.29 is 4.74 Å². The number of hydrogen-bond donors (Lipinski definition) is 1. The van der Waals surface area contributed by atoms with Gasteiger partial charge in [-0.25, -0.2) is 9.97 Å². The van der Waals surface area contributed by atoms with E-state index in [4.69, 9.17) is 9.72 Å². The lowest BCUT2D eigenvalue weighted by molar-refractivity contribution is 0.275. The highest BCUT2D eigenvalue weighted by molar-refractivity contribution is 5.71. The summed E-state index contributed by atoms with van der Waals surface area (Å²) < 4.78 is 5.64. The molecule has 0 radical (unpaired) electrons.